The number of benzene rings is 1. The van der Waals surface area contributed by atoms with Crippen molar-refractivity contribution in [1.29, 1.82) is 0 Å². The summed E-state index contributed by atoms with van der Waals surface area (Å²) in [6.45, 7) is 7.54. The maximum Gasteiger partial charge on any atom is 0.244 e. The van der Waals surface area contributed by atoms with Gasteiger partial charge in [0.1, 0.15) is 6.04 Å². The summed E-state index contributed by atoms with van der Waals surface area (Å²) in [4.78, 5) is 19.8. The summed E-state index contributed by atoms with van der Waals surface area (Å²) in [5.74, 6) is 0.231. The molecule has 0 aliphatic carbocycles. The van der Waals surface area contributed by atoms with Crippen molar-refractivity contribution in [2.45, 2.75) is 31.8 Å². The average molecular weight is 345 g/mol. The van der Waals surface area contributed by atoms with Crippen LogP contribution in [0.3, 0.4) is 0 Å². The van der Waals surface area contributed by atoms with Crippen LogP contribution in [0.2, 0.25) is 0 Å². The van der Waals surface area contributed by atoms with Gasteiger partial charge in [-0.2, -0.15) is 0 Å². The van der Waals surface area contributed by atoms with E-state index in [0.29, 0.717) is 6.04 Å². The van der Waals surface area contributed by atoms with Crippen LogP contribution >= 0.6 is 0 Å². The van der Waals surface area contributed by atoms with E-state index in [4.69, 9.17) is 4.74 Å². The molecule has 1 atom stereocenters. The van der Waals surface area contributed by atoms with E-state index < -0.39 is 0 Å². The van der Waals surface area contributed by atoms with Crippen molar-refractivity contribution in [2.24, 2.45) is 0 Å². The van der Waals surface area contributed by atoms with Crippen molar-refractivity contribution in [3.63, 3.8) is 0 Å². The molecule has 1 amide bonds. The Hall–Kier alpha value is -1.43. The number of hydrogen-bond donors (Lipinski definition) is 0. The third kappa shape index (κ3) is 4.40. The Labute approximate surface area is 151 Å². The number of hydrogen-bond acceptors (Lipinski definition) is 4. The van der Waals surface area contributed by atoms with Gasteiger partial charge in [0.05, 0.1) is 13.2 Å². The Kier molecular flexibility index (Phi) is 6.10. The zero-order valence-electron chi connectivity index (χ0n) is 15.8. The molecule has 0 unspecified atom stereocenters. The highest BCUT2D eigenvalue weighted by Gasteiger charge is 2.32. The molecule has 2 fully saturated rings. The third-order valence-electron chi connectivity index (χ3n) is 5.48. The van der Waals surface area contributed by atoms with Crippen LogP contribution in [0.1, 0.15) is 30.0 Å². The average Bonchev–Trinajstić information content (AvgIpc) is 2.64. The lowest BCUT2D eigenvalue weighted by Crippen LogP contribution is -2.51. The summed E-state index contributed by atoms with van der Waals surface area (Å²) < 4.78 is 5.45. The van der Waals surface area contributed by atoms with Crippen LogP contribution in [0.5, 0.6) is 0 Å². The molecule has 1 aromatic carbocycles. The minimum Gasteiger partial charge on any atom is -0.379 e. The molecule has 0 spiro atoms. The Bertz CT molecular complexity index is 559. The Balaban J connectivity index is 1.62. The number of carbonyl (C=O) groups is 1. The highest BCUT2D eigenvalue weighted by atomic mass is 16.5. The van der Waals surface area contributed by atoms with Gasteiger partial charge in [-0.15, -0.1) is 0 Å². The number of piperidine rings is 1. The van der Waals surface area contributed by atoms with Gasteiger partial charge in [-0.1, -0.05) is 29.8 Å². The fraction of sp³-hybridized carbons (Fsp3) is 0.650. The lowest BCUT2D eigenvalue weighted by molar-refractivity contribution is -0.138. The second-order valence-corrected chi connectivity index (χ2v) is 7.48. The summed E-state index contributed by atoms with van der Waals surface area (Å²) in [6.07, 6.45) is 2.14. The Morgan fingerprint density at radius 2 is 1.68 bits per heavy atom. The summed E-state index contributed by atoms with van der Waals surface area (Å²) in [5.41, 5.74) is 2.30. The van der Waals surface area contributed by atoms with E-state index in [2.05, 4.69) is 41.0 Å². The lowest BCUT2D eigenvalue weighted by Gasteiger charge is -2.41. The number of aryl methyl sites for hydroxylation is 1. The molecule has 2 saturated heterocycles. The molecule has 1 aromatic rings. The predicted octanol–water partition coefficient (Wildman–Crippen LogP) is 1.92. The first-order chi connectivity index (χ1) is 12.1. The molecular formula is C20H31N3O2. The number of morpholine rings is 1. The van der Waals surface area contributed by atoms with E-state index in [1.807, 2.05) is 19.0 Å². The molecule has 3 rings (SSSR count). The number of rotatable bonds is 4. The zero-order chi connectivity index (χ0) is 17.8. The summed E-state index contributed by atoms with van der Waals surface area (Å²) in [5, 5.41) is 0. The minimum absolute atomic E-state index is 0.194. The molecule has 25 heavy (non-hydrogen) atoms. The summed E-state index contributed by atoms with van der Waals surface area (Å²) in [7, 11) is 3.98. The van der Waals surface area contributed by atoms with Crippen LogP contribution in [0.25, 0.3) is 0 Å². The van der Waals surface area contributed by atoms with E-state index in [1.165, 1.54) is 5.56 Å². The maximum atomic E-state index is 13.2. The quantitative estimate of drug-likeness (QED) is 0.835. The highest BCUT2D eigenvalue weighted by Crippen LogP contribution is 2.25. The smallest absolute Gasteiger partial charge is 0.244 e. The Morgan fingerprint density at radius 3 is 2.24 bits per heavy atom. The van der Waals surface area contributed by atoms with Crippen molar-refractivity contribution in [3.05, 3.63) is 35.4 Å². The molecule has 2 heterocycles. The summed E-state index contributed by atoms with van der Waals surface area (Å²) in [6, 6.07) is 8.75. The van der Waals surface area contributed by atoms with Crippen molar-refractivity contribution < 1.29 is 9.53 Å². The van der Waals surface area contributed by atoms with Crippen LogP contribution < -0.4 is 0 Å². The first kappa shape index (κ1) is 18.4. The lowest BCUT2D eigenvalue weighted by atomic mass is 9.99. The van der Waals surface area contributed by atoms with Gasteiger partial charge in [0, 0.05) is 32.2 Å². The molecular weight excluding hydrogens is 314 g/mol. The molecule has 5 nitrogen and oxygen atoms in total. The van der Waals surface area contributed by atoms with Crippen molar-refractivity contribution in [1.82, 2.24) is 14.7 Å². The Morgan fingerprint density at radius 1 is 1.08 bits per heavy atom. The fourth-order valence-corrected chi connectivity index (χ4v) is 3.98. The molecule has 138 valence electrons. The molecule has 0 saturated carbocycles. The van der Waals surface area contributed by atoms with Crippen LogP contribution in [0.15, 0.2) is 24.3 Å². The van der Waals surface area contributed by atoms with E-state index in [9.17, 15) is 4.79 Å². The monoisotopic (exact) mass is 345 g/mol. The van der Waals surface area contributed by atoms with Crippen molar-refractivity contribution in [2.75, 3.05) is 53.5 Å². The van der Waals surface area contributed by atoms with Gasteiger partial charge < -0.3 is 9.64 Å². The number of ether oxygens (including phenoxy) is 1. The summed E-state index contributed by atoms with van der Waals surface area (Å²) >= 11 is 0. The van der Waals surface area contributed by atoms with Gasteiger partial charge in [0.2, 0.25) is 5.91 Å². The van der Waals surface area contributed by atoms with Crippen molar-refractivity contribution in [3.8, 4) is 0 Å². The van der Waals surface area contributed by atoms with E-state index in [-0.39, 0.29) is 11.9 Å². The van der Waals surface area contributed by atoms with Gasteiger partial charge in [-0.3, -0.25) is 14.6 Å². The largest absolute Gasteiger partial charge is 0.379 e. The second-order valence-electron chi connectivity index (χ2n) is 7.48. The molecule has 0 radical (unpaired) electrons. The molecule has 0 aromatic heterocycles. The van der Waals surface area contributed by atoms with Gasteiger partial charge in [0.25, 0.3) is 0 Å². The number of amides is 1. The van der Waals surface area contributed by atoms with Crippen molar-refractivity contribution >= 4 is 5.91 Å². The number of likely N-dealkylation sites (tertiary alicyclic amines) is 1. The maximum absolute atomic E-state index is 13.2. The molecule has 0 bridgehead atoms. The normalized spacial score (nSPS) is 21.5. The SMILES string of the molecule is Cc1ccc([C@@H](C(=O)N2CCC(N3CCOCC3)CC2)N(C)C)cc1. The first-order valence-corrected chi connectivity index (χ1v) is 9.40. The first-order valence-electron chi connectivity index (χ1n) is 9.40. The van der Waals surface area contributed by atoms with E-state index >= 15 is 0 Å². The third-order valence-corrected chi connectivity index (χ3v) is 5.48. The van der Waals surface area contributed by atoms with Gasteiger partial charge in [0.15, 0.2) is 0 Å². The standard InChI is InChI=1S/C20H31N3O2/c1-16-4-6-17(7-5-16)19(21(2)3)20(24)23-10-8-18(9-11-23)22-12-14-25-15-13-22/h4-7,18-19H,8-15H2,1-3H3/t19-/m0/s1. The zero-order valence-corrected chi connectivity index (χ0v) is 15.8. The number of likely N-dealkylation sites (N-methyl/N-ethyl adjacent to an activating group) is 1. The van der Waals surface area contributed by atoms with Crippen LogP contribution in [0.4, 0.5) is 0 Å². The van der Waals surface area contributed by atoms with Crippen LogP contribution in [-0.4, -0.2) is 80.1 Å². The number of carbonyl (C=O) groups excluding carboxylic acids is 1. The van der Waals surface area contributed by atoms with E-state index in [1.54, 1.807) is 0 Å². The van der Waals surface area contributed by atoms with E-state index in [0.717, 1.165) is 57.8 Å². The highest BCUT2D eigenvalue weighted by molar-refractivity contribution is 5.83. The molecule has 0 N–H and O–H groups in total. The topological polar surface area (TPSA) is 36.0 Å². The van der Waals surface area contributed by atoms with Crippen LogP contribution in [-0.2, 0) is 9.53 Å². The molecule has 2 aliphatic rings. The van der Waals surface area contributed by atoms with Gasteiger partial charge in [-0.05, 0) is 39.4 Å². The predicted molar refractivity (Wildman–Crippen MR) is 99.6 cm³/mol. The minimum atomic E-state index is -0.194. The second kappa shape index (κ2) is 8.30. The van der Waals surface area contributed by atoms with Gasteiger partial charge in [-0.25, -0.2) is 0 Å². The number of nitrogens with zero attached hydrogens (tertiary/aromatic N) is 3. The van der Waals surface area contributed by atoms with Gasteiger partial charge >= 0.3 is 0 Å². The molecule has 5 heteroatoms. The van der Waals surface area contributed by atoms with Crippen LogP contribution in [0, 0.1) is 6.92 Å². The molecule has 2 aliphatic heterocycles. The fourth-order valence-electron chi connectivity index (χ4n) is 3.98.